The third-order valence-corrected chi connectivity index (χ3v) is 4.79. The molecule has 1 aromatic carbocycles. The fourth-order valence-corrected chi connectivity index (χ4v) is 3.31. The van der Waals surface area contributed by atoms with Gasteiger partial charge in [0.15, 0.2) is 0 Å². The molecule has 0 amide bonds. The lowest BCUT2D eigenvalue weighted by atomic mass is 10.1. The summed E-state index contributed by atoms with van der Waals surface area (Å²) in [5, 5.41) is 3.57. The van der Waals surface area contributed by atoms with Crippen LogP contribution in [0.3, 0.4) is 0 Å². The van der Waals surface area contributed by atoms with Gasteiger partial charge in [-0.2, -0.15) is 0 Å². The Hall–Kier alpha value is -0.640. The first kappa shape index (κ1) is 13.8. The minimum Gasteiger partial charge on any atom is -0.305 e. The van der Waals surface area contributed by atoms with E-state index in [2.05, 4.69) is 72.3 Å². The van der Waals surface area contributed by atoms with Crippen LogP contribution in [0.5, 0.6) is 0 Å². The number of hydrogen-bond donors (Lipinski definition) is 1. The first-order chi connectivity index (χ1) is 8.56. The quantitative estimate of drug-likeness (QED) is 0.836. The van der Waals surface area contributed by atoms with Crippen LogP contribution in [-0.4, -0.2) is 0 Å². The summed E-state index contributed by atoms with van der Waals surface area (Å²) in [6.07, 6.45) is 0. The molecule has 0 saturated heterocycles. The Balaban J connectivity index is 1.98. The third kappa shape index (κ3) is 3.44. The highest BCUT2D eigenvalue weighted by molar-refractivity contribution is 9.10. The maximum Gasteiger partial charge on any atom is 0.0305 e. The molecule has 0 bridgehead atoms. The number of benzene rings is 1. The number of aryl methyl sites for hydroxylation is 2. The Bertz CT molecular complexity index is 514. The highest BCUT2D eigenvalue weighted by atomic mass is 79.9. The second-order valence-electron chi connectivity index (χ2n) is 4.61. The minimum absolute atomic E-state index is 0.366. The standard InChI is InChI=1S/C15H18BrNS/c1-10-7-15(18-12(10)3)9-17-11(2)13-5-4-6-14(16)8-13/h4-8,11,17H,9H2,1-3H3. The van der Waals surface area contributed by atoms with Gasteiger partial charge >= 0.3 is 0 Å². The normalized spacial score (nSPS) is 12.7. The number of halogens is 1. The molecule has 1 heterocycles. The number of hydrogen-bond acceptors (Lipinski definition) is 2. The third-order valence-electron chi connectivity index (χ3n) is 3.15. The minimum atomic E-state index is 0.366. The van der Waals surface area contributed by atoms with Gasteiger partial charge in [0.05, 0.1) is 0 Å². The Morgan fingerprint density at radius 1 is 1.28 bits per heavy atom. The van der Waals surface area contributed by atoms with Crippen LogP contribution in [0.4, 0.5) is 0 Å². The fraction of sp³-hybridized carbons (Fsp3) is 0.333. The average molecular weight is 324 g/mol. The van der Waals surface area contributed by atoms with Crippen molar-refractivity contribution in [3.8, 4) is 0 Å². The lowest BCUT2D eigenvalue weighted by molar-refractivity contribution is 0.578. The Labute approximate surface area is 121 Å². The van der Waals surface area contributed by atoms with Crippen molar-refractivity contribution in [2.75, 3.05) is 0 Å². The van der Waals surface area contributed by atoms with E-state index in [1.54, 1.807) is 0 Å². The predicted molar refractivity (Wildman–Crippen MR) is 83.2 cm³/mol. The van der Waals surface area contributed by atoms with Crippen molar-refractivity contribution in [1.29, 1.82) is 0 Å². The topological polar surface area (TPSA) is 12.0 Å². The van der Waals surface area contributed by atoms with Crippen molar-refractivity contribution in [3.63, 3.8) is 0 Å². The van der Waals surface area contributed by atoms with Gasteiger partial charge in [0.1, 0.15) is 0 Å². The molecule has 3 heteroatoms. The van der Waals surface area contributed by atoms with Crippen LogP contribution in [0.25, 0.3) is 0 Å². The molecule has 1 N–H and O–H groups in total. The Morgan fingerprint density at radius 2 is 2.06 bits per heavy atom. The van der Waals surface area contributed by atoms with Crippen LogP contribution < -0.4 is 5.32 Å². The van der Waals surface area contributed by atoms with Gasteiger partial charge in [-0.3, -0.25) is 0 Å². The van der Waals surface area contributed by atoms with Crippen LogP contribution in [-0.2, 0) is 6.54 Å². The fourth-order valence-electron chi connectivity index (χ4n) is 1.88. The Morgan fingerprint density at radius 3 is 2.67 bits per heavy atom. The van der Waals surface area contributed by atoms with E-state index in [1.807, 2.05) is 11.3 Å². The molecule has 0 aliphatic rings. The van der Waals surface area contributed by atoms with Gasteiger partial charge in [0.25, 0.3) is 0 Å². The zero-order chi connectivity index (χ0) is 13.1. The lowest BCUT2D eigenvalue weighted by Gasteiger charge is -2.13. The first-order valence-corrected chi connectivity index (χ1v) is 7.72. The van der Waals surface area contributed by atoms with Crippen LogP contribution in [0, 0.1) is 13.8 Å². The van der Waals surface area contributed by atoms with E-state index < -0.39 is 0 Å². The molecule has 1 atom stereocenters. The smallest absolute Gasteiger partial charge is 0.0305 e. The molecule has 96 valence electrons. The summed E-state index contributed by atoms with van der Waals surface area (Å²) in [4.78, 5) is 2.83. The van der Waals surface area contributed by atoms with Crippen molar-refractivity contribution in [2.24, 2.45) is 0 Å². The molecule has 0 saturated carbocycles. The van der Waals surface area contributed by atoms with E-state index in [0.29, 0.717) is 6.04 Å². The van der Waals surface area contributed by atoms with Crippen LogP contribution in [0.15, 0.2) is 34.8 Å². The first-order valence-electron chi connectivity index (χ1n) is 6.11. The monoisotopic (exact) mass is 323 g/mol. The molecular formula is C15H18BrNS. The lowest BCUT2D eigenvalue weighted by Crippen LogP contribution is -2.17. The van der Waals surface area contributed by atoms with Crippen molar-refractivity contribution in [1.82, 2.24) is 5.32 Å². The van der Waals surface area contributed by atoms with E-state index in [-0.39, 0.29) is 0 Å². The summed E-state index contributed by atoms with van der Waals surface area (Å²) in [5.41, 5.74) is 2.71. The summed E-state index contributed by atoms with van der Waals surface area (Å²) in [6.45, 7) is 7.50. The maximum absolute atomic E-state index is 3.57. The number of nitrogens with one attached hydrogen (secondary N) is 1. The molecule has 2 rings (SSSR count). The van der Waals surface area contributed by atoms with E-state index >= 15 is 0 Å². The zero-order valence-corrected chi connectivity index (χ0v) is 13.4. The number of thiophene rings is 1. The van der Waals surface area contributed by atoms with E-state index in [0.717, 1.165) is 11.0 Å². The molecule has 1 aromatic heterocycles. The Kier molecular flexibility index (Phi) is 4.60. The molecule has 1 unspecified atom stereocenters. The molecule has 18 heavy (non-hydrogen) atoms. The molecule has 0 fully saturated rings. The van der Waals surface area contributed by atoms with Crippen molar-refractivity contribution in [3.05, 3.63) is 55.7 Å². The average Bonchev–Trinajstić information content (AvgIpc) is 2.66. The molecule has 0 aliphatic carbocycles. The molecular weight excluding hydrogens is 306 g/mol. The highest BCUT2D eigenvalue weighted by Gasteiger charge is 2.07. The van der Waals surface area contributed by atoms with Crippen LogP contribution >= 0.6 is 27.3 Å². The summed E-state index contributed by atoms with van der Waals surface area (Å²) in [5.74, 6) is 0. The second-order valence-corrected chi connectivity index (χ2v) is 6.87. The van der Waals surface area contributed by atoms with E-state index in [4.69, 9.17) is 0 Å². The predicted octanol–water partition coefficient (Wildman–Crippen LogP) is 4.98. The SMILES string of the molecule is Cc1cc(CNC(C)c2cccc(Br)c2)sc1C. The van der Waals surface area contributed by atoms with Gasteiger partial charge in [-0.15, -0.1) is 11.3 Å². The van der Waals surface area contributed by atoms with Crippen molar-refractivity contribution in [2.45, 2.75) is 33.4 Å². The summed E-state index contributed by atoms with van der Waals surface area (Å²) < 4.78 is 1.14. The maximum atomic E-state index is 3.57. The zero-order valence-electron chi connectivity index (χ0n) is 11.0. The molecule has 2 aromatic rings. The number of rotatable bonds is 4. The summed E-state index contributed by atoms with van der Waals surface area (Å²) in [6, 6.07) is 11.1. The van der Waals surface area contributed by atoms with Crippen molar-refractivity contribution >= 4 is 27.3 Å². The van der Waals surface area contributed by atoms with Gasteiger partial charge in [-0.05, 0) is 50.1 Å². The van der Waals surface area contributed by atoms with Gasteiger partial charge in [0, 0.05) is 26.8 Å². The van der Waals surface area contributed by atoms with Gasteiger partial charge in [-0.25, -0.2) is 0 Å². The summed E-state index contributed by atoms with van der Waals surface area (Å²) >= 11 is 5.40. The van der Waals surface area contributed by atoms with Crippen molar-refractivity contribution < 1.29 is 0 Å². The van der Waals surface area contributed by atoms with Gasteiger partial charge in [0.2, 0.25) is 0 Å². The molecule has 0 aliphatic heterocycles. The highest BCUT2D eigenvalue weighted by Crippen LogP contribution is 2.22. The van der Waals surface area contributed by atoms with Crippen LogP contribution in [0.2, 0.25) is 0 Å². The van der Waals surface area contributed by atoms with E-state index in [1.165, 1.54) is 20.9 Å². The van der Waals surface area contributed by atoms with Gasteiger partial charge in [-0.1, -0.05) is 28.1 Å². The second kappa shape index (κ2) is 6.00. The molecule has 1 nitrogen and oxygen atoms in total. The van der Waals surface area contributed by atoms with Crippen LogP contribution in [0.1, 0.15) is 33.8 Å². The summed E-state index contributed by atoms with van der Waals surface area (Å²) in [7, 11) is 0. The molecule has 0 radical (unpaired) electrons. The largest absolute Gasteiger partial charge is 0.305 e. The molecule has 0 spiro atoms. The van der Waals surface area contributed by atoms with E-state index in [9.17, 15) is 0 Å². The van der Waals surface area contributed by atoms with Gasteiger partial charge < -0.3 is 5.32 Å².